The van der Waals surface area contributed by atoms with Crippen molar-refractivity contribution in [1.82, 2.24) is 0 Å². The molecule has 1 heteroatoms. The maximum atomic E-state index is 5.00. The molecular weight excluding hydrogens is 172 g/mol. The van der Waals surface area contributed by atoms with Gasteiger partial charge in [0.25, 0.3) is 0 Å². The van der Waals surface area contributed by atoms with Gasteiger partial charge in [-0.1, -0.05) is 44.8 Å². The number of ether oxygens (including phenoxy) is 1. The number of methoxy groups -OCH3 is 1. The van der Waals surface area contributed by atoms with E-state index in [9.17, 15) is 0 Å². The summed E-state index contributed by atoms with van der Waals surface area (Å²) in [6, 6.07) is 0. The van der Waals surface area contributed by atoms with Crippen LogP contribution in [0.5, 0.6) is 0 Å². The SMILES string of the molecule is CCC=CCCCCCCCCOC. The lowest BCUT2D eigenvalue weighted by atomic mass is 10.1. The van der Waals surface area contributed by atoms with Crippen molar-refractivity contribution in [2.75, 3.05) is 13.7 Å². The predicted octanol–water partition coefficient (Wildman–Crippen LogP) is 4.33. The molecule has 0 aromatic rings. The number of rotatable bonds is 10. The summed E-state index contributed by atoms with van der Waals surface area (Å²) >= 11 is 0. The summed E-state index contributed by atoms with van der Waals surface area (Å²) in [5.74, 6) is 0. The predicted molar refractivity (Wildman–Crippen MR) is 63.6 cm³/mol. The summed E-state index contributed by atoms with van der Waals surface area (Å²) in [7, 11) is 1.78. The molecule has 0 amide bonds. The average Bonchev–Trinajstić information content (AvgIpc) is 2.21. The van der Waals surface area contributed by atoms with Gasteiger partial charge in [0.15, 0.2) is 0 Å². The zero-order valence-corrected chi connectivity index (χ0v) is 9.93. The molecule has 0 bridgehead atoms. The highest BCUT2D eigenvalue weighted by atomic mass is 16.5. The zero-order valence-electron chi connectivity index (χ0n) is 9.93. The summed E-state index contributed by atoms with van der Waals surface area (Å²) in [5.41, 5.74) is 0. The number of hydrogen-bond acceptors (Lipinski definition) is 1. The maximum absolute atomic E-state index is 5.00. The minimum Gasteiger partial charge on any atom is -0.385 e. The summed E-state index contributed by atoms with van der Waals surface area (Å²) in [6.45, 7) is 3.12. The van der Waals surface area contributed by atoms with E-state index < -0.39 is 0 Å². The van der Waals surface area contributed by atoms with E-state index in [1.807, 2.05) is 0 Å². The van der Waals surface area contributed by atoms with Crippen LogP contribution in [0.25, 0.3) is 0 Å². The maximum Gasteiger partial charge on any atom is 0.0462 e. The number of hydrogen-bond donors (Lipinski definition) is 0. The van der Waals surface area contributed by atoms with Crippen LogP contribution in [0.15, 0.2) is 12.2 Å². The Labute approximate surface area is 89.5 Å². The van der Waals surface area contributed by atoms with Crippen LogP contribution >= 0.6 is 0 Å². The molecule has 84 valence electrons. The van der Waals surface area contributed by atoms with E-state index in [1.54, 1.807) is 7.11 Å². The Hall–Kier alpha value is -0.300. The van der Waals surface area contributed by atoms with E-state index in [-0.39, 0.29) is 0 Å². The topological polar surface area (TPSA) is 9.23 Å². The summed E-state index contributed by atoms with van der Waals surface area (Å²) in [6.07, 6.45) is 15.1. The first-order valence-electron chi connectivity index (χ1n) is 6.05. The molecule has 0 atom stereocenters. The standard InChI is InChI=1S/C13H26O/c1-3-4-5-6-7-8-9-10-11-12-13-14-2/h4-5H,3,6-13H2,1-2H3. The van der Waals surface area contributed by atoms with E-state index in [4.69, 9.17) is 4.74 Å². The van der Waals surface area contributed by atoms with Gasteiger partial charge in [-0.2, -0.15) is 0 Å². The van der Waals surface area contributed by atoms with Gasteiger partial charge in [-0.3, -0.25) is 0 Å². The lowest BCUT2D eigenvalue weighted by Crippen LogP contribution is -1.88. The van der Waals surface area contributed by atoms with E-state index in [2.05, 4.69) is 19.1 Å². The van der Waals surface area contributed by atoms with E-state index in [0.717, 1.165) is 6.61 Å². The molecule has 0 aliphatic carbocycles. The first-order valence-corrected chi connectivity index (χ1v) is 6.05. The molecule has 1 nitrogen and oxygen atoms in total. The fraction of sp³-hybridized carbons (Fsp3) is 0.846. The lowest BCUT2D eigenvalue weighted by Gasteiger charge is -2.00. The molecule has 0 N–H and O–H groups in total. The van der Waals surface area contributed by atoms with Crippen molar-refractivity contribution in [3.05, 3.63) is 12.2 Å². The van der Waals surface area contributed by atoms with Gasteiger partial charge in [0.1, 0.15) is 0 Å². The normalized spacial score (nSPS) is 11.3. The van der Waals surface area contributed by atoms with Crippen LogP contribution in [0.1, 0.15) is 58.3 Å². The molecule has 0 heterocycles. The highest BCUT2D eigenvalue weighted by molar-refractivity contribution is 4.79. The summed E-state index contributed by atoms with van der Waals surface area (Å²) in [5, 5.41) is 0. The smallest absolute Gasteiger partial charge is 0.0462 e. The molecule has 0 saturated heterocycles. The van der Waals surface area contributed by atoms with Crippen molar-refractivity contribution in [3.8, 4) is 0 Å². The van der Waals surface area contributed by atoms with Crippen LogP contribution in [0.3, 0.4) is 0 Å². The van der Waals surface area contributed by atoms with Crippen LogP contribution in [-0.4, -0.2) is 13.7 Å². The quantitative estimate of drug-likeness (QED) is 0.375. The van der Waals surface area contributed by atoms with Crippen LogP contribution in [0, 0.1) is 0 Å². The molecule has 0 unspecified atom stereocenters. The Morgan fingerprint density at radius 2 is 1.50 bits per heavy atom. The second kappa shape index (κ2) is 12.7. The highest BCUT2D eigenvalue weighted by Gasteiger charge is 1.89. The molecule has 0 aromatic heterocycles. The molecule has 0 radical (unpaired) electrons. The first kappa shape index (κ1) is 13.7. The van der Waals surface area contributed by atoms with Crippen LogP contribution in [0.4, 0.5) is 0 Å². The van der Waals surface area contributed by atoms with E-state index >= 15 is 0 Å². The Bertz CT molecular complexity index is 118. The average molecular weight is 198 g/mol. The first-order chi connectivity index (χ1) is 6.91. The Kier molecular flexibility index (Phi) is 12.4. The molecule has 0 rings (SSSR count). The van der Waals surface area contributed by atoms with Gasteiger partial charge < -0.3 is 4.74 Å². The van der Waals surface area contributed by atoms with Crippen molar-refractivity contribution < 1.29 is 4.74 Å². The van der Waals surface area contributed by atoms with Gasteiger partial charge in [-0.05, 0) is 25.7 Å². The van der Waals surface area contributed by atoms with Crippen LogP contribution < -0.4 is 0 Å². The monoisotopic (exact) mass is 198 g/mol. The third-order valence-corrected chi connectivity index (χ3v) is 2.37. The minimum atomic E-state index is 0.930. The Morgan fingerprint density at radius 3 is 2.14 bits per heavy atom. The van der Waals surface area contributed by atoms with Crippen molar-refractivity contribution in [1.29, 1.82) is 0 Å². The van der Waals surface area contributed by atoms with Crippen molar-refractivity contribution >= 4 is 0 Å². The fourth-order valence-electron chi connectivity index (χ4n) is 1.50. The molecular formula is C13H26O. The third-order valence-electron chi connectivity index (χ3n) is 2.37. The molecule has 0 aliphatic heterocycles. The van der Waals surface area contributed by atoms with Crippen LogP contribution in [0.2, 0.25) is 0 Å². The molecule has 14 heavy (non-hydrogen) atoms. The molecule has 0 saturated carbocycles. The van der Waals surface area contributed by atoms with E-state index in [0.29, 0.717) is 0 Å². The third kappa shape index (κ3) is 11.7. The molecule has 0 aliphatic rings. The summed E-state index contributed by atoms with van der Waals surface area (Å²) in [4.78, 5) is 0. The van der Waals surface area contributed by atoms with Gasteiger partial charge in [-0.25, -0.2) is 0 Å². The zero-order chi connectivity index (χ0) is 10.5. The van der Waals surface area contributed by atoms with Gasteiger partial charge in [0, 0.05) is 13.7 Å². The minimum absolute atomic E-state index is 0.930. The number of unbranched alkanes of at least 4 members (excludes halogenated alkanes) is 6. The fourth-order valence-corrected chi connectivity index (χ4v) is 1.50. The number of allylic oxidation sites excluding steroid dienone is 2. The van der Waals surface area contributed by atoms with Gasteiger partial charge in [-0.15, -0.1) is 0 Å². The van der Waals surface area contributed by atoms with Crippen LogP contribution in [-0.2, 0) is 4.74 Å². The van der Waals surface area contributed by atoms with Gasteiger partial charge in [0.05, 0.1) is 0 Å². The molecule has 0 fully saturated rings. The highest BCUT2D eigenvalue weighted by Crippen LogP contribution is 2.07. The second-order valence-electron chi connectivity index (χ2n) is 3.78. The molecule has 0 aromatic carbocycles. The lowest BCUT2D eigenvalue weighted by molar-refractivity contribution is 0.192. The Balaban J connectivity index is 2.88. The van der Waals surface area contributed by atoms with Gasteiger partial charge >= 0.3 is 0 Å². The van der Waals surface area contributed by atoms with E-state index in [1.165, 1.54) is 51.4 Å². The van der Waals surface area contributed by atoms with Crippen molar-refractivity contribution in [3.63, 3.8) is 0 Å². The second-order valence-corrected chi connectivity index (χ2v) is 3.78. The van der Waals surface area contributed by atoms with Gasteiger partial charge in [0.2, 0.25) is 0 Å². The largest absolute Gasteiger partial charge is 0.385 e. The Morgan fingerprint density at radius 1 is 0.857 bits per heavy atom. The summed E-state index contributed by atoms with van der Waals surface area (Å²) < 4.78 is 5.00. The van der Waals surface area contributed by atoms with Crippen molar-refractivity contribution in [2.45, 2.75) is 58.3 Å². The molecule has 0 spiro atoms. The van der Waals surface area contributed by atoms with Crippen molar-refractivity contribution in [2.24, 2.45) is 0 Å².